The van der Waals surface area contributed by atoms with Gasteiger partial charge in [0.05, 0.1) is 18.7 Å². The van der Waals surface area contributed by atoms with Gasteiger partial charge in [0.1, 0.15) is 6.04 Å². The molecule has 1 heterocycles. The van der Waals surface area contributed by atoms with E-state index in [-0.39, 0.29) is 35.7 Å². The van der Waals surface area contributed by atoms with Gasteiger partial charge in [-0.2, -0.15) is 0 Å². The van der Waals surface area contributed by atoms with Crippen molar-refractivity contribution in [2.45, 2.75) is 111 Å². The van der Waals surface area contributed by atoms with Crippen molar-refractivity contribution in [3.05, 3.63) is 41.0 Å². The van der Waals surface area contributed by atoms with Crippen molar-refractivity contribution in [3.63, 3.8) is 0 Å². The van der Waals surface area contributed by atoms with Crippen molar-refractivity contribution in [2.24, 2.45) is 11.3 Å². The molecule has 9 nitrogen and oxygen atoms in total. The highest BCUT2D eigenvalue weighted by Gasteiger charge is 2.40. The average Bonchev–Trinajstić information content (AvgIpc) is 3.68. The first-order valence-corrected chi connectivity index (χ1v) is 16.0. The number of amides is 2. The number of likely N-dealkylation sites (N-methyl/N-ethyl adjacent to an activating group) is 1. The van der Waals surface area contributed by atoms with Gasteiger partial charge in [-0.3, -0.25) is 14.4 Å². The third-order valence-electron chi connectivity index (χ3n) is 7.77. The first kappa shape index (κ1) is 39.4. The number of rotatable bonds is 10. The Hall–Kier alpha value is -3.64. The molecule has 0 aromatic heterocycles. The number of methoxy groups -OCH3 is 1. The molecule has 9 heteroatoms. The summed E-state index contributed by atoms with van der Waals surface area (Å²) in [6.07, 6.45) is 11.5. The molecule has 3 rings (SSSR count). The fraction of sp³-hybridized carbons (Fsp3) is 0.611. The highest BCUT2D eigenvalue weighted by molar-refractivity contribution is 6.07. The molecule has 1 aliphatic carbocycles. The lowest BCUT2D eigenvalue weighted by Gasteiger charge is -2.34. The molecule has 2 atom stereocenters. The first-order valence-electron chi connectivity index (χ1n) is 16.0. The normalized spacial score (nSPS) is 16.5. The summed E-state index contributed by atoms with van der Waals surface area (Å²) in [6.45, 7) is 12.6. The van der Waals surface area contributed by atoms with Crippen LogP contribution in [0, 0.1) is 37.0 Å². The van der Waals surface area contributed by atoms with Crippen molar-refractivity contribution in [1.82, 2.24) is 10.2 Å². The van der Waals surface area contributed by atoms with Gasteiger partial charge in [-0.05, 0) is 81.5 Å². The number of esters is 1. The van der Waals surface area contributed by atoms with Crippen LogP contribution >= 0.6 is 0 Å². The number of nitrogens with zero attached hydrogens (tertiary/aromatic N) is 1. The number of hydrogen-bond acceptors (Lipinski definition) is 6. The molecule has 2 fully saturated rings. The second-order valence-electron chi connectivity index (χ2n) is 12.7. The zero-order chi connectivity index (χ0) is 34.0. The minimum absolute atomic E-state index is 0.0158. The van der Waals surface area contributed by atoms with Gasteiger partial charge in [-0.15, -0.1) is 0 Å². The molecule has 1 saturated carbocycles. The second kappa shape index (κ2) is 20.4. The summed E-state index contributed by atoms with van der Waals surface area (Å²) in [5.74, 6) is 6.82. The number of aryl methyl sites for hydroxylation is 2. The molecule has 2 aliphatic rings. The maximum Gasteiger partial charge on any atom is 0.328 e. The number of carbonyl (C=O) groups is 4. The molecule has 3 N–H and O–H groups in total. The van der Waals surface area contributed by atoms with Crippen LogP contribution in [-0.4, -0.2) is 67.0 Å². The van der Waals surface area contributed by atoms with Crippen LogP contribution < -0.4 is 10.6 Å². The van der Waals surface area contributed by atoms with E-state index in [1.165, 1.54) is 26.4 Å². The van der Waals surface area contributed by atoms with Crippen LogP contribution in [0.5, 0.6) is 0 Å². The van der Waals surface area contributed by atoms with Crippen LogP contribution in [-0.2, 0) is 23.9 Å². The Labute approximate surface area is 270 Å². The van der Waals surface area contributed by atoms with E-state index in [0.717, 1.165) is 54.8 Å². The Kier molecular flexibility index (Phi) is 17.9. The van der Waals surface area contributed by atoms with Crippen molar-refractivity contribution in [1.29, 1.82) is 0 Å². The van der Waals surface area contributed by atoms with E-state index in [0.29, 0.717) is 18.5 Å². The van der Waals surface area contributed by atoms with Gasteiger partial charge in [-0.1, -0.05) is 77.0 Å². The Morgan fingerprint density at radius 3 is 2.40 bits per heavy atom. The number of allylic oxidation sites excluding steroid dienone is 1. The van der Waals surface area contributed by atoms with Crippen LogP contribution in [0.4, 0.5) is 5.69 Å². The number of anilines is 1. The van der Waals surface area contributed by atoms with E-state index >= 15 is 0 Å². The van der Waals surface area contributed by atoms with Gasteiger partial charge in [0.2, 0.25) is 5.91 Å². The fourth-order valence-corrected chi connectivity index (χ4v) is 5.10. The van der Waals surface area contributed by atoms with Crippen molar-refractivity contribution in [2.75, 3.05) is 26.0 Å². The average molecular weight is 626 g/mol. The number of hydrogen-bond donors (Lipinski definition) is 3. The highest BCUT2D eigenvalue weighted by Crippen LogP contribution is 2.33. The highest BCUT2D eigenvalue weighted by atomic mass is 16.5. The van der Waals surface area contributed by atoms with Crippen LogP contribution in [0.2, 0.25) is 0 Å². The summed E-state index contributed by atoms with van der Waals surface area (Å²) >= 11 is 0. The van der Waals surface area contributed by atoms with Gasteiger partial charge in [0.25, 0.3) is 12.4 Å². The number of likely N-dealkylation sites (tertiary alicyclic amines) is 1. The predicted octanol–water partition coefficient (Wildman–Crippen LogP) is 6.04. The van der Waals surface area contributed by atoms with Crippen LogP contribution in [0.25, 0.3) is 0 Å². The van der Waals surface area contributed by atoms with Gasteiger partial charge in [0, 0.05) is 18.7 Å². The SMILES string of the molecule is CCC/C=C(\C#CCCCC1CC1)C(=O)Nc1cc(C)ccc1C.CNC(C(=O)N1CCCC1C(=O)OC)C(C)(C)C.O=CO. The van der Waals surface area contributed by atoms with Gasteiger partial charge in [0.15, 0.2) is 0 Å². The maximum absolute atomic E-state index is 12.6. The summed E-state index contributed by atoms with van der Waals surface area (Å²) in [6, 6.07) is 5.39. The summed E-state index contributed by atoms with van der Waals surface area (Å²) in [4.78, 5) is 46.8. The Balaban J connectivity index is 0.000000429. The standard InChI is InChI=1S/C22H29NO.C13H24N2O3.CH2O2/c1-4-5-10-20(11-8-6-7-9-19-14-15-19)22(24)23-21-16-17(2)12-13-18(21)3;1-13(2,3)10(14-4)11(16)15-8-6-7-9(15)12(17)18-5;2-1-3/h10,12-13,16,19H,4-7,9,14-15H2,1-3H3,(H,23,24);9-10,14H,6-8H2,1-5H3;1H,(H,2,3)/b20-10+;;. The molecule has 1 aromatic rings. The van der Waals surface area contributed by atoms with Crippen molar-refractivity contribution < 1.29 is 29.0 Å². The Bertz CT molecular complexity index is 1200. The van der Waals surface area contributed by atoms with E-state index in [2.05, 4.69) is 35.5 Å². The van der Waals surface area contributed by atoms with Gasteiger partial charge >= 0.3 is 5.97 Å². The van der Waals surface area contributed by atoms with E-state index in [1.807, 2.05) is 52.8 Å². The fourth-order valence-electron chi connectivity index (χ4n) is 5.10. The lowest BCUT2D eigenvalue weighted by atomic mass is 9.86. The van der Waals surface area contributed by atoms with Crippen molar-refractivity contribution in [3.8, 4) is 11.8 Å². The molecule has 1 aliphatic heterocycles. The molecule has 1 aromatic carbocycles. The van der Waals surface area contributed by atoms with Gasteiger partial charge < -0.3 is 25.4 Å². The number of nitrogens with one attached hydrogen (secondary N) is 2. The third-order valence-corrected chi connectivity index (χ3v) is 7.77. The van der Waals surface area contributed by atoms with E-state index in [9.17, 15) is 14.4 Å². The quantitative estimate of drug-likeness (QED) is 0.0952. The Morgan fingerprint density at radius 1 is 1.18 bits per heavy atom. The molecule has 1 saturated heterocycles. The van der Waals surface area contributed by atoms with Gasteiger partial charge in [-0.25, -0.2) is 4.79 Å². The molecule has 250 valence electrons. The topological polar surface area (TPSA) is 125 Å². The summed E-state index contributed by atoms with van der Waals surface area (Å²) in [7, 11) is 3.14. The number of carbonyl (C=O) groups excluding carboxylic acids is 3. The van der Waals surface area contributed by atoms with E-state index in [4.69, 9.17) is 14.6 Å². The van der Waals surface area contributed by atoms with Crippen LogP contribution in [0.1, 0.15) is 96.6 Å². The number of benzene rings is 1. The van der Waals surface area contributed by atoms with Crippen molar-refractivity contribution >= 4 is 29.9 Å². The minimum atomic E-state index is -0.416. The smallest absolute Gasteiger partial charge is 0.328 e. The van der Waals surface area contributed by atoms with Crippen LogP contribution in [0.15, 0.2) is 29.8 Å². The summed E-state index contributed by atoms with van der Waals surface area (Å²) < 4.78 is 4.76. The molecule has 0 bridgehead atoms. The molecule has 0 spiro atoms. The van der Waals surface area contributed by atoms with Crippen LogP contribution in [0.3, 0.4) is 0 Å². The summed E-state index contributed by atoms with van der Waals surface area (Å²) in [5.41, 5.74) is 3.50. The minimum Gasteiger partial charge on any atom is -0.483 e. The monoisotopic (exact) mass is 625 g/mol. The largest absolute Gasteiger partial charge is 0.483 e. The molecule has 45 heavy (non-hydrogen) atoms. The van der Waals surface area contributed by atoms with E-state index in [1.54, 1.807) is 11.9 Å². The molecule has 0 radical (unpaired) electrons. The molecule has 2 amide bonds. The molecule has 2 unspecified atom stereocenters. The van der Waals surface area contributed by atoms with E-state index < -0.39 is 6.04 Å². The lowest BCUT2D eigenvalue weighted by Crippen LogP contribution is -2.54. The number of carboxylic acid groups (broad SMARTS) is 1. The third kappa shape index (κ3) is 14.3. The summed E-state index contributed by atoms with van der Waals surface area (Å²) in [5, 5.41) is 13.0. The lowest BCUT2D eigenvalue weighted by molar-refractivity contribution is -0.152. The molecular formula is C36H55N3O6. The zero-order valence-corrected chi connectivity index (χ0v) is 28.6. The first-order chi connectivity index (χ1) is 21.3. The Morgan fingerprint density at radius 2 is 1.84 bits per heavy atom. The second-order valence-corrected chi connectivity index (χ2v) is 12.7. The molecular weight excluding hydrogens is 570 g/mol. The number of unbranched alkanes of at least 4 members (excludes halogenated alkanes) is 2. The zero-order valence-electron chi connectivity index (χ0n) is 28.6. The maximum atomic E-state index is 12.6. The predicted molar refractivity (Wildman–Crippen MR) is 180 cm³/mol. The number of ether oxygens (including phenoxy) is 1.